The highest BCUT2D eigenvalue weighted by Gasteiger charge is 2.66. The molecular weight excluding hydrogens is 464 g/mol. The lowest BCUT2D eigenvalue weighted by Crippen LogP contribution is -2.67. The quantitative estimate of drug-likeness (QED) is 0.462. The minimum atomic E-state index is -2.83. The monoisotopic (exact) mass is 500 g/mol. The Morgan fingerprint density at radius 3 is 2.03 bits per heavy atom. The highest BCUT2D eigenvalue weighted by atomic mass is 28.4. The van der Waals surface area contributed by atoms with Gasteiger partial charge in [-0.25, -0.2) is 0 Å². The number of hydrogen-bond acceptors (Lipinski definition) is 7. The van der Waals surface area contributed by atoms with Crippen LogP contribution in [0.25, 0.3) is 0 Å². The Labute approximate surface area is 208 Å². The van der Waals surface area contributed by atoms with Crippen LogP contribution in [0.4, 0.5) is 0 Å². The molecule has 7 nitrogen and oxygen atoms in total. The lowest BCUT2D eigenvalue weighted by molar-refractivity contribution is -0.278. The van der Waals surface area contributed by atoms with Gasteiger partial charge in [0, 0.05) is 6.92 Å². The van der Waals surface area contributed by atoms with Crippen LogP contribution in [0, 0.1) is 0 Å². The third-order valence-corrected chi connectivity index (χ3v) is 11.7. The summed E-state index contributed by atoms with van der Waals surface area (Å²) in [4.78, 5) is 11.5. The number of fused-ring (bicyclic) bond motifs is 1. The highest BCUT2D eigenvalue weighted by Crippen LogP contribution is 2.46. The van der Waals surface area contributed by atoms with Crippen LogP contribution in [0.2, 0.25) is 5.04 Å². The van der Waals surface area contributed by atoms with Crippen molar-refractivity contribution in [2.75, 3.05) is 13.2 Å². The number of carbonyl (C=O) groups excluding carboxylic acids is 1. The fourth-order valence-corrected chi connectivity index (χ4v) is 9.85. The molecule has 2 aromatic rings. The second-order valence-corrected chi connectivity index (χ2v) is 15.1. The van der Waals surface area contributed by atoms with Crippen molar-refractivity contribution in [2.45, 2.75) is 76.5 Å². The van der Waals surface area contributed by atoms with E-state index in [9.17, 15) is 9.90 Å². The number of aliphatic hydroxyl groups is 1. The second-order valence-electron chi connectivity index (χ2n) is 10.8. The van der Waals surface area contributed by atoms with Gasteiger partial charge in [0.05, 0.1) is 6.61 Å². The zero-order valence-electron chi connectivity index (χ0n) is 21.3. The van der Waals surface area contributed by atoms with E-state index in [2.05, 4.69) is 45.0 Å². The first-order valence-corrected chi connectivity index (χ1v) is 13.9. The molecule has 2 fully saturated rings. The maximum absolute atomic E-state index is 11.5. The number of hydrogen-bond donors (Lipinski definition) is 1. The summed E-state index contributed by atoms with van der Waals surface area (Å²) in [6, 6.07) is 20.6. The summed E-state index contributed by atoms with van der Waals surface area (Å²) in [6.45, 7) is 11.3. The van der Waals surface area contributed by atoms with Crippen LogP contribution in [0.1, 0.15) is 41.5 Å². The van der Waals surface area contributed by atoms with Gasteiger partial charge in [-0.05, 0) is 29.3 Å². The van der Waals surface area contributed by atoms with Gasteiger partial charge in [-0.1, -0.05) is 81.4 Å². The maximum atomic E-state index is 11.5. The van der Waals surface area contributed by atoms with E-state index >= 15 is 0 Å². The van der Waals surface area contributed by atoms with E-state index in [1.165, 1.54) is 6.92 Å². The molecule has 4 atom stereocenters. The predicted molar refractivity (Wildman–Crippen MR) is 134 cm³/mol. The smallest absolute Gasteiger partial charge is 0.302 e. The molecule has 0 saturated carbocycles. The molecule has 2 aliphatic rings. The summed E-state index contributed by atoms with van der Waals surface area (Å²) in [7, 11) is -2.83. The number of carbonyl (C=O) groups is 1. The number of ether oxygens (including phenoxy) is 4. The summed E-state index contributed by atoms with van der Waals surface area (Å²) in [6.07, 6.45) is -2.57. The van der Waals surface area contributed by atoms with Crippen molar-refractivity contribution in [2.24, 2.45) is 0 Å². The van der Waals surface area contributed by atoms with Crippen molar-refractivity contribution in [1.82, 2.24) is 0 Å². The zero-order chi connectivity index (χ0) is 25.5. The van der Waals surface area contributed by atoms with Crippen LogP contribution in [0.5, 0.6) is 0 Å². The Kier molecular flexibility index (Phi) is 7.00. The Balaban J connectivity index is 1.67. The van der Waals surface area contributed by atoms with Crippen molar-refractivity contribution in [3.63, 3.8) is 0 Å². The van der Waals surface area contributed by atoms with Gasteiger partial charge in [0.1, 0.15) is 24.9 Å². The second kappa shape index (κ2) is 9.42. The normalized spacial score (nSPS) is 28.0. The molecule has 0 spiro atoms. The molecule has 35 heavy (non-hydrogen) atoms. The molecule has 4 rings (SSSR count). The number of esters is 1. The van der Waals surface area contributed by atoms with Crippen molar-refractivity contribution in [1.29, 1.82) is 0 Å². The molecular formula is C27H36O7Si. The van der Waals surface area contributed by atoms with E-state index < -0.39 is 44.2 Å². The van der Waals surface area contributed by atoms with E-state index in [1.807, 2.05) is 36.4 Å². The molecule has 8 heteroatoms. The van der Waals surface area contributed by atoms with Gasteiger partial charge < -0.3 is 28.5 Å². The topological polar surface area (TPSA) is 83.5 Å². The molecule has 2 heterocycles. The van der Waals surface area contributed by atoms with E-state index in [4.69, 9.17) is 23.4 Å². The number of aliphatic hydroxyl groups excluding tert-OH is 1. The largest absolute Gasteiger partial charge is 0.460 e. The lowest BCUT2D eigenvalue weighted by atomic mass is 10.1. The summed E-state index contributed by atoms with van der Waals surface area (Å²) in [5.41, 5.74) is 0. The van der Waals surface area contributed by atoms with Crippen LogP contribution in [0.15, 0.2) is 60.7 Å². The fourth-order valence-electron chi connectivity index (χ4n) is 5.28. The van der Waals surface area contributed by atoms with Crippen molar-refractivity contribution in [3.05, 3.63) is 60.7 Å². The van der Waals surface area contributed by atoms with Crippen molar-refractivity contribution in [3.8, 4) is 0 Å². The van der Waals surface area contributed by atoms with Crippen LogP contribution in [-0.4, -0.2) is 62.5 Å². The van der Waals surface area contributed by atoms with Gasteiger partial charge >= 0.3 is 5.97 Å². The summed E-state index contributed by atoms with van der Waals surface area (Å²) in [5, 5.41) is 13.3. The van der Waals surface area contributed by atoms with Crippen LogP contribution in [0.3, 0.4) is 0 Å². The molecule has 0 bridgehead atoms. The molecule has 2 aliphatic heterocycles. The first-order valence-electron chi connectivity index (χ1n) is 12.0. The van der Waals surface area contributed by atoms with Gasteiger partial charge in [0.25, 0.3) is 8.32 Å². The van der Waals surface area contributed by atoms with Crippen LogP contribution >= 0.6 is 0 Å². The lowest BCUT2D eigenvalue weighted by Gasteiger charge is -2.43. The average molecular weight is 501 g/mol. The number of rotatable bonds is 7. The standard InChI is InChI=1S/C27H36O7Si/c1-19(28)30-18-27-24(33-26(5,6)34-27)23(29)22(32-27)17-31-35(25(2,3)4,20-13-9-7-10-14-20)21-15-11-8-12-16-21/h7-16,22-24,29H,17-18H2,1-6H3/t22-,23+,24-,27-/m0/s1. The predicted octanol–water partition coefficient (Wildman–Crippen LogP) is 2.73. The SMILES string of the molecule is CC(=O)OC[C@@]12O[C@@H](CO[Si](c3ccccc3)(c3ccccc3)C(C)(C)C)[C@@H](O)[C@@H]1OC(C)(C)O2. The third kappa shape index (κ3) is 4.83. The van der Waals surface area contributed by atoms with Gasteiger partial charge in [-0.2, -0.15) is 0 Å². The third-order valence-electron chi connectivity index (χ3n) is 6.66. The molecule has 0 aromatic heterocycles. The molecule has 0 amide bonds. The Morgan fingerprint density at radius 2 is 1.54 bits per heavy atom. The van der Waals surface area contributed by atoms with Crippen LogP contribution in [-0.2, 0) is 28.2 Å². The van der Waals surface area contributed by atoms with E-state index in [1.54, 1.807) is 13.8 Å². The Hall–Kier alpha value is -2.07. The highest BCUT2D eigenvalue weighted by molar-refractivity contribution is 6.99. The Morgan fingerprint density at radius 1 is 1.00 bits per heavy atom. The molecule has 1 N–H and O–H groups in total. The number of benzene rings is 2. The first kappa shape index (κ1) is 26.0. The zero-order valence-corrected chi connectivity index (χ0v) is 22.3. The molecule has 0 unspecified atom stereocenters. The van der Waals surface area contributed by atoms with E-state index in [0.29, 0.717) is 0 Å². The van der Waals surface area contributed by atoms with Crippen LogP contribution < -0.4 is 10.4 Å². The first-order chi connectivity index (χ1) is 16.4. The maximum Gasteiger partial charge on any atom is 0.302 e. The fraction of sp³-hybridized carbons (Fsp3) is 0.519. The molecule has 2 saturated heterocycles. The minimum Gasteiger partial charge on any atom is -0.460 e. The van der Waals surface area contributed by atoms with Crippen molar-refractivity contribution >= 4 is 24.7 Å². The molecule has 0 aliphatic carbocycles. The summed E-state index contributed by atoms with van der Waals surface area (Å²) < 4.78 is 30.5. The summed E-state index contributed by atoms with van der Waals surface area (Å²) >= 11 is 0. The molecule has 190 valence electrons. The van der Waals surface area contributed by atoms with Gasteiger partial charge in [0.15, 0.2) is 5.79 Å². The molecule has 2 aromatic carbocycles. The summed E-state index contributed by atoms with van der Waals surface area (Å²) in [5.74, 6) is -2.85. The molecule has 0 radical (unpaired) electrons. The van der Waals surface area contributed by atoms with Gasteiger partial charge in [-0.3, -0.25) is 4.79 Å². The average Bonchev–Trinajstić information content (AvgIpc) is 3.20. The minimum absolute atomic E-state index is 0.125. The van der Waals surface area contributed by atoms with E-state index in [0.717, 1.165) is 10.4 Å². The van der Waals surface area contributed by atoms with Gasteiger partial charge in [0.2, 0.25) is 5.79 Å². The Bertz CT molecular complexity index is 981. The van der Waals surface area contributed by atoms with Crippen molar-refractivity contribution < 1.29 is 33.3 Å². The van der Waals surface area contributed by atoms with E-state index in [-0.39, 0.29) is 18.3 Å². The van der Waals surface area contributed by atoms with Gasteiger partial charge in [-0.15, -0.1) is 0 Å².